The number of rotatable bonds is 7. The third kappa shape index (κ3) is 4.00. The topological polar surface area (TPSA) is 69.0 Å². The molecule has 3 aromatic rings. The maximum absolute atomic E-state index is 13.8. The molecule has 0 bridgehead atoms. The van der Waals surface area contributed by atoms with Crippen LogP contribution in [0.1, 0.15) is 71.5 Å². The van der Waals surface area contributed by atoms with Crippen molar-refractivity contribution in [2.24, 2.45) is 0 Å². The van der Waals surface area contributed by atoms with Crippen LogP contribution in [-0.2, 0) is 4.74 Å². The number of hydrogen-bond donors (Lipinski definition) is 0. The summed E-state index contributed by atoms with van der Waals surface area (Å²) < 4.78 is 17.8. The molecule has 2 aromatic carbocycles. The van der Waals surface area contributed by atoms with Crippen molar-refractivity contribution in [1.82, 2.24) is 4.90 Å². The molecule has 2 atom stereocenters. The molecular formula is C28H31NO5. The van der Waals surface area contributed by atoms with E-state index in [4.69, 9.17) is 13.9 Å². The maximum Gasteiger partial charge on any atom is 0.291 e. The van der Waals surface area contributed by atoms with Gasteiger partial charge in [-0.2, -0.15) is 0 Å². The molecular weight excluding hydrogens is 430 g/mol. The Bertz CT molecular complexity index is 1270. The number of nitrogens with zero attached hydrogens (tertiary/aromatic N) is 1. The van der Waals surface area contributed by atoms with E-state index in [1.165, 1.54) is 0 Å². The predicted molar refractivity (Wildman–Crippen MR) is 131 cm³/mol. The van der Waals surface area contributed by atoms with E-state index in [2.05, 4.69) is 6.92 Å². The number of unbranched alkanes of at least 4 members (excludes halogenated alkanes) is 1. The normalized spacial score (nSPS) is 19.7. The lowest BCUT2D eigenvalue weighted by Crippen LogP contribution is -2.36. The number of fused-ring (bicyclic) bond motifs is 2. The lowest BCUT2D eigenvalue weighted by molar-refractivity contribution is 0.0486. The average Bonchev–Trinajstić information content (AvgIpc) is 3.42. The van der Waals surface area contributed by atoms with Crippen molar-refractivity contribution in [3.8, 4) is 5.75 Å². The third-order valence-corrected chi connectivity index (χ3v) is 6.80. The van der Waals surface area contributed by atoms with Crippen LogP contribution in [0.3, 0.4) is 0 Å². The number of aryl methyl sites for hydroxylation is 2. The van der Waals surface area contributed by atoms with E-state index in [1.54, 1.807) is 4.90 Å². The second-order valence-corrected chi connectivity index (χ2v) is 9.40. The van der Waals surface area contributed by atoms with Crippen LogP contribution in [0.5, 0.6) is 5.75 Å². The zero-order chi connectivity index (χ0) is 23.8. The third-order valence-electron chi connectivity index (χ3n) is 6.80. The van der Waals surface area contributed by atoms with E-state index in [1.807, 2.05) is 50.2 Å². The molecule has 0 saturated carbocycles. The Kier molecular flexibility index (Phi) is 6.17. The summed E-state index contributed by atoms with van der Waals surface area (Å²) in [5.74, 6) is 0.676. The van der Waals surface area contributed by atoms with Crippen LogP contribution in [0.25, 0.3) is 11.0 Å². The molecule has 1 saturated heterocycles. The van der Waals surface area contributed by atoms with E-state index >= 15 is 0 Å². The Morgan fingerprint density at radius 1 is 1.12 bits per heavy atom. The fourth-order valence-electron chi connectivity index (χ4n) is 5.14. The monoisotopic (exact) mass is 461 g/mol. The van der Waals surface area contributed by atoms with Gasteiger partial charge in [0.2, 0.25) is 5.76 Å². The molecule has 2 aliphatic heterocycles. The van der Waals surface area contributed by atoms with Gasteiger partial charge in [0.25, 0.3) is 5.91 Å². The first-order chi connectivity index (χ1) is 16.5. The number of carbonyl (C=O) groups is 1. The molecule has 6 nitrogen and oxygen atoms in total. The van der Waals surface area contributed by atoms with Crippen molar-refractivity contribution in [3.63, 3.8) is 0 Å². The van der Waals surface area contributed by atoms with Crippen LogP contribution >= 0.6 is 0 Å². The van der Waals surface area contributed by atoms with Gasteiger partial charge in [0, 0.05) is 13.2 Å². The molecule has 5 rings (SSSR count). The fraction of sp³-hybridized carbons (Fsp3) is 0.429. The highest BCUT2D eigenvalue weighted by Gasteiger charge is 2.44. The first-order valence-corrected chi connectivity index (χ1v) is 12.2. The van der Waals surface area contributed by atoms with Gasteiger partial charge in [0.15, 0.2) is 5.43 Å². The highest BCUT2D eigenvalue weighted by molar-refractivity contribution is 5.99. The lowest BCUT2D eigenvalue weighted by atomic mass is 9.96. The number of hydrogen-bond acceptors (Lipinski definition) is 5. The maximum atomic E-state index is 13.8. The largest absolute Gasteiger partial charge is 0.494 e. The summed E-state index contributed by atoms with van der Waals surface area (Å²) in [5, 5.41) is 0.542. The zero-order valence-corrected chi connectivity index (χ0v) is 20.1. The number of benzene rings is 2. The Labute approximate surface area is 199 Å². The Morgan fingerprint density at radius 3 is 2.62 bits per heavy atom. The summed E-state index contributed by atoms with van der Waals surface area (Å²) >= 11 is 0. The highest BCUT2D eigenvalue weighted by Crippen LogP contribution is 2.39. The van der Waals surface area contributed by atoms with E-state index in [0.717, 1.165) is 48.1 Å². The summed E-state index contributed by atoms with van der Waals surface area (Å²) in [6, 6.07) is 11.0. The lowest BCUT2D eigenvalue weighted by Gasteiger charge is -2.27. The molecule has 1 fully saturated rings. The van der Waals surface area contributed by atoms with Crippen LogP contribution in [0.2, 0.25) is 0 Å². The van der Waals surface area contributed by atoms with Gasteiger partial charge in [-0.3, -0.25) is 9.59 Å². The van der Waals surface area contributed by atoms with E-state index in [9.17, 15) is 9.59 Å². The van der Waals surface area contributed by atoms with Gasteiger partial charge in [-0.1, -0.05) is 31.5 Å². The van der Waals surface area contributed by atoms with E-state index in [-0.39, 0.29) is 23.2 Å². The first-order valence-electron chi connectivity index (χ1n) is 12.2. The summed E-state index contributed by atoms with van der Waals surface area (Å²) in [4.78, 5) is 29.1. The molecule has 2 unspecified atom stereocenters. The summed E-state index contributed by atoms with van der Waals surface area (Å²) in [6.45, 7) is 7.79. The molecule has 1 amide bonds. The van der Waals surface area contributed by atoms with Gasteiger partial charge >= 0.3 is 0 Å². The zero-order valence-electron chi connectivity index (χ0n) is 20.1. The van der Waals surface area contributed by atoms with Crippen LogP contribution in [0, 0.1) is 13.8 Å². The quantitative estimate of drug-likeness (QED) is 0.446. The fourth-order valence-corrected chi connectivity index (χ4v) is 5.14. The van der Waals surface area contributed by atoms with Gasteiger partial charge in [-0.05, 0) is 68.0 Å². The summed E-state index contributed by atoms with van der Waals surface area (Å²) in [5.41, 5.74) is 3.46. The minimum absolute atomic E-state index is 0.0362. The van der Waals surface area contributed by atoms with Crippen molar-refractivity contribution < 1.29 is 18.7 Å². The van der Waals surface area contributed by atoms with Gasteiger partial charge in [-0.15, -0.1) is 0 Å². The molecule has 6 heteroatoms. The Balaban J connectivity index is 1.61. The number of ether oxygens (including phenoxy) is 2. The number of carbonyl (C=O) groups excluding carboxylic acids is 1. The molecule has 34 heavy (non-hydrogen) atoms. The van der Waals surface area contributed by atoms with Gasteiger partial charge in [0.05, 0.1) is 29.7 Å². The molecule has 0 N–H and O–H groups in total. The predicted octanol–water partition coefficient (Wildman–Crippen LogP) is 5.31. The Hall–Kier alpha value is -3.12. The SMILES string of the molecule is CCCCOc1ccc(C2c3c(oc4cc(C)cc(C)c4c3=O)C(=O)N2CC2CCCO2)cc1. The molecule has 1 aromatic heterocycles. The molecule has 0 aliphatic carbocycles. The van der Waals surface area contributed by atoms with E-state index in [0.29, 0.717) is 36.3 Å². The van der Waals surface area contributed by atoms with Gasteiger partial charge < -0.3 is 18.8 Å². The smallest absolute Gasteiger partial charge is 0.291 e. The van der Waals surface area contributed by atoms with Crippen LogP contribution < -0.4 is 10.2 Å². The minimum Gasteiger partial charge on any atom is -0.494 e. The number of amides is 1. The van der Waals surface area contributed by atoms with Crippen molar-refractivity contribution in [2.45, 2.75) is 58.6 Å². The molecule has 3 heterocycles. The molecule has 0 radical (unpaired) electrons. The second-order valence-electron chi connectivity index (χ2n) is 9.40. The van der Waals surface area contributed by atoms with Gasteiger partial charge in [-0.25, -0.2) is 0 Å². The van der Waals surface area contributed by atoms with Crippen molar-refractivity contribution in [3.05, 3.63) is 74.6 Å². The summed E-state index contributed by atoms with van der Waals surface area (Å²) in [6.07, 6.45) is 3.91. The van der Waals surface area contributed by atoms with Crippen molar-refractivity contribution in [1.29, 1.82) is 0 Å². The molecule has 178 valence electrons. The van der Waals surface area contributed by atoms with Crippen LogP contribution in [0.15, 0.2) is 45.6 Å². The highest BCUT2D eigenvalue weighted by atomic mass is 16.5. The van der Waals surface area contributed by atoms with Crippen LogP contribution in [-0.4, -0.2) is 36.7 Å². The second kappa shape index (κ2) is 9.26. The summed E-state index contributed by atoms with van der Waals surface area (Å²) in [7, 11) is 0. The van der Waals surface area contributed by atoms with Gasteiger partial charge in [0.1, 0.15) is 11.3 Å². The minimum atomic E-state index is -0.516. The molecule has 2 aliphatic rings. The first kappa shape index (κ1) is 22.7. The van der Waals surface area contributed by atoms with Crippen LogP contribution in [0.4, 0.5) is 0 Å². The standard InChI is InChI=1S/C28H31NO5/c1-4-5-12-32-20-10-8-19(9-11-20)25-24-26(30)23-18(3)14-17(2)15-22(23)34-27(24)28(31)29(25)16-21-7-6-13-33-21/h8-11,14-15,21,25H,4-7,12-13,16H2,1-3H3. The van der Waals surface area contributed by atoms with E-state index < -0.39 is 6.04 Å². The average molecular weight is 462 g/mol. The molecule has 0 spiro atoms. The Morgan fingerprint density at radius 2 is 1.91 bits per heavy atom. The van der Waals surface area contributed by atoms with Crippen molar-refractivity contribution >= 4 is 16.9 Å². The van der Waals surface area contributed by atoms with Crippen molar-refractivity contribution in [2.75, 3.05) is 19.8 Å².